The van der Waals surface area contributed by atoms with Crippen LogP contribution < -0.4 is 5.73 Å². The molecule has 72 valence electrons. The van der Waals surface area contributed by atoms with Crippen molar-refractivity contribution in [2.75, 3.05) is 5.73 Å². The van der Waals surface area contributed by atoms with E-state index in [-0.39, 0.29) is 0 Å². The van der Waals surface area contributed by atoms with Gasteiger partial charge in [-0.3, -0.25) is 0 Å². The number of nitrogens with two attached hydrogens (primary N) is 1. The Bertz CT molecular complexity index is 463. The van der Waals surface area contributed by atoms with Crippen LogP contribution in [0, 0.1) is 0 Å². The van der Waals surface area contributed by atoms with Gasteiger partial charge in [0, 0.05) is 11.6 Å². The summed E-state index contributed by atoms with van der Waals surface area (Å²) in [5.41, 5.74) is 7.72. The van der Waals surface area contributed by atoms with Crippen LogP contribution in [0.25, 0.3) is 10.9 Å². The van der Waals surface area contributed by atoms with Gasteiger partial charge in [0.25, 0.3) is 0 Å². The van der Waals surface area contributed by atoms with Gasteiger partial charge in [0.1, 0.15) is 0 Å². The Labute approximate surface area is 83.0 Å². The van der Waals surface area contributed by atoms with Gasteiger partial charge in [-0.05, 0) is 17.5 Å². The Morgan fingerprint density at radius 3 is 2.79 bits per heavy atom. The second-order valence-electron chi connectivity index (χ2n) is 3.70. The highest BCUT2D eigenvalue weighted by molar-refractivity contribution is 5.79. The zero-order valence-electron chi connectivity index (χ0n) is 8.36. The molecule has 0 aliphatic heterocycles. The van der Waals surface area contributed by atoms with E-state index in [2.05, 4.69) is 35.9 Å². The maximum absolute atomic E-state index is 5.53. The van der Waals surface area contributed by atoms with E-state index >= 15 is 0 Å². The van der Waals surface area contributed by atoms with Crippen LogP contribution in [0.15, 0.2) is 24.4 Å². The van der Waals surface area contributed by atoms with Crippen molar-refractivity contribution in [1.82, 2.24) is 9.97 Å². The largest absolute Gasteiger partial charge is 0.368 e. The van der Waals surface area contributed by atoms with Crippen molar-refractivity contribution in [3.63, 3.8) is 0 Å². The quantitative estimate of drug-likeness (QED) is 0.745. The molecule has 0 saturated carbocycles. The normalized spacial score (nSPS) is 11.1. The van der Waals surface area contributed by atoms with Crippen LogP contribution in [0.3, 0.4) is 0 Å². The van der Waals surface area contributed by atoms with Crippen LogP contribution in [-0.4, -0.2) is 9.97 Å². The van der Waals surface area contributed by atoms with Gasteiger partial charge in [-0.25, -0.2) is 9.97 Å². The molecule has 0 spiro atoms. The predicted octanol–water partition coefficient (Wildman–Crippen LogP) is 2.34. The Balaban J connectivity index is 2.63. The molecule has 1 aromatic carbocycles. The number of anilines is 1. The zero-order chi connectivity index (χ0) is 10.1. The molecule has 14 heavy (non-hydrogen) atoms. The van der Waals surface area contributed by atoms with Crippen molar-refractivity contribution in [2.45, 2.75) is 19.8 Å². The summed E-state index contributed by atoms with van der Waals surface area (Å²) >= 11 is 0. The molecule has 1 aromatic heterocycles. The molecule has 3 nitrogen and oxygen atoms in total. The summed E-state index contributed by atoms with van der Waals surface area (Å²) in [7, 11) is 0. The van der Waals surface area contributed by atoms with E-state index in [0.29, 0.717) is 11.9 Å². The first-order chi connectivity index (χ1) is 6.66. The molecular weight excluding hydrogens is 174 g/mol. The van der Waals surface area contributed by atoms with Crippen LogP contribution in [0.1, 0.15) is 25.3 Å². The minimum absolute atomic E-state index is 0.332. The molecule has 0 aliphatic rings. The summed E-state index contributed by atoms with van der Waals surface area (Å²) in [6, 6.07) is 6.20. The van der Waals surface area contributed by atoms with Crippen LogP contribution in [0.4, 0.5) is 5.95 Å². The van der Waals surface area contributed by atoms with Crippen molar-refractivity contribution in [3.05, 3.63) is 30.0 Å². The Kier molecular flexibility index (Phi) is 2.08. The van der Waals surface area contributed by atoms with Crippen LogP contribution >= 0.6 is 0 Å². The van der Waals surface area contributed by atoms with E-state index in [0.717, 1.165) is 10.9 Å². The third-order valence-corrected chi connectivity index (χ3v) is 2.29. The summed E-state index contributed by atoms with van der Waals surface area (Å²) in [5, 5.41) is 1.03. The van der Waals surface area contributed by atoms with Gasteiger partial charge in [-0.1, -0.05) is 26.0 Å². The van der Waals surface area contributed by atoms with E-state index in [9.17, 15) is 0 Å². The smallest absolute Gasteiger partial charge is 0.220 e. The van der Waals surface area contributed by atoms with Crippen molar-refractivity contribution < 1.29 is 0 Å². The van der Waals surface area contributed by atoms with Crippen LogP contribution in [-0.2, 0) is 0 Å². The second kappa shape index (κ2) is 3.25. The van der Waals surface area contributed by atoms with Crippen molar-refractivity contribution >= 4 is 16.9 Å². The van der Waals surface area contributed by atoms with Crippen molar-refractivity contribution in [2.24, 2.45) is 0 Å². The molecule has 0 fully saturated rings. The fourth-order valence-corrected chi connectivity index (χ4v) is 1.41. The predicted molar refractivity (Wildman–Crippen MR) is 58.0 cm³/mol. The minimum atomic E-state index is 0.332. The maximum atomic E-state index is 5.53. The van der Waals surface area contributed by atoms with E-state index in [4.69, 9.17) is 5.73 Å². The molecule has 2 rings (SSSR count). The summed E-state index contributed by atoms with van der Waals surface area (Å²) in [5.74, 6) is 0.842. The average Bonchev–Trinajstić information content (AvgIpc) is 2.16. The zero-order valence-corrected chi connectivity index (χ0v) is 8.36. The topological polar surface area (TPSA) is 51.8 Å². The molecule has 2 N–H and O–H groups in total. The summed E-state index contributed by atoms with van der Waals surface area (Å²) < 4.78 is 0. The molecule has 0 atom stereocenters. The number of nitrogen functional groups attached to an aromatic ring is 1. The van der Waals surface area contributed by atoms with Gasteiger partial charge >= 0.3 is 0 Å². The first-order valence-electron chi connectivity index (χ1n) is 4.69. The third-order valence-electron chi connectivity index (χ3n) is 2.29. The first-order valence-corrected chi connectivity index (χ1v) is 4.69. The Hall–Kier alpha value is -1.64. The third kappa shape index (κ3) is 1.53. The molecule has 1 heterocycles. The molecule has 0 saturated heterocycles. The summed E-state index contributed by atoms with van der Waals surface area (Å²) in [6.07, 6.45) is 1.75. The number of hydrogen-bond donors (Lipinski definition) is 1. The molecule has 0 amide bonds. The Morgan fingerprint density at radius 1 is 1.29 bits per heavy atom. The fourth-order valence-electron chi connectivity index (χ4n) is 1.41. The van der Waals surface area contributed by atoms with Crippen LogP contribution in [0.2, 0.25) is 0 Å². The lowest BCUT2D eigenvalue weighted by atomic mass is 10.0. The standard InChI is InChI=1S/C11H13N3/c1-7(2)8-3-4-9-6-13-11(12)14-10(9)5-8/h3-7H,1-2H3,(H2,12,13,14). The lowest BCUT2D eigenvalue weighted by Gasteiger charge is -2.06. The first kappa shape index (κ1) is 8.94. The van der Waals surface area contributed by atoms with Gasteiger partial charge < -0.3 is 5.73 Å². The fraction of sp³-hybridized carbons (Fsp3) is 0.273. The second-order valence-corrected chi connectivity index (χ2v) is 3.70. The molecule has 2 aromatic rings. The van der Waals surface area contributed by atoms with E-state index in [1.54, 1.807) is 6.20 Å². The van der Waals surface area contributed by atoms with Gasteiger partial charge in [0.15, 0.2) is 0 Å². The average molecular weight is 187 g/mol. The van der Waals surface area contributed by atoms with E-state index < -0.39 is 0 Å². The van der Waals surface area contributed by atoms with Gasteiger partial charge in [0.2, 0.25) is 5.95 Å². The number of aromatic nitrogens is 2. The highest BCUT2D eigenvalue weighted by Gasteiger charge is 2.02. The molecule has 0 bridgehead atoms. The number of benzene rings is 1. The van der Waals surface area contributed by atoms with Gasteiger partial charge in [-0.15, -0.1) is 0 Å². The number of nitrogens with zero attached hydrogens (tertiary/aromatic N) is 2. The molecule has 0 aliphatic carbocycles. The molecule has 0 radical (unpaired) electrons. The summed E-state index contributed by atoms with van der Waals surface area (Å²) in [6.45, 7) is 4.32. The number of rotatable bonds is 1. The van der Waals surface area contributed by atoms with Crippen molar-refractivity contribution in [1.29, 1.82) is 0 Å². The number of fused-ring (bicyclic) bond motifs is 1. The minimum Gasteiger partial charge on any atom is -0.368 e. The lowest BCUT2D eigenvalue weighted by molar-refractivity contribution is 0.868. The molecular formula is C11H13N3. The van der Waals surface area contributed by atoms with Crippen LogP contribution in [0.5, 0.6) is 0 Å². The van der Waals surface area contributed by atoms with E-state index in [1.165, 1.54) is 5.56 Å². The lowest BCUT2D eigenvalue weighted by Crippen LogP contribution is -1.95. The monoisotopic (exact) mass is 187 g/mol. The maximum Gasteiger partial charge on any atom is 0.220 e. The van der Waals surface area contributed by atoms with E-state index in [1.807, 2.05) is 6.07 Å². The van der Waals surface area contributed by atoms with Gasteiger partial charge in [0.05, 0.1) is 5.52 Å². The molecule has 3 heteroatoms. The van der Waals surface area contributed by atoms with Crippen molar-refractivity contribution in [3.8, 4) is 0 Å². The highest BCUT2D eigenvalue weighted by Crippen LogP contribution is 2.19. The number of hydrogen-bond acceptors (Lipinski definition) is 3. The Morgan fingerprint density at radius 2 is 2.07 bits per heavy atom. The summed E-state index contributed by atoms with van der Waals surface area (Å²) in [4.78, 5) is 8.13. The molecule has 0 unspecified atom stereocenters. The van der Waals surface area contributed by atoms with Gasteiger partial charge in [-0.2, -0.15) is 0 Å². The highest BCUT2D eigenvalue weighted by atomic mass is 15.0. The SMILES string of the molecule is CC(C)c1ccc2cnc(N)nc2c1.